The van der Waals surface area contributed by atoms with Crippen molar-refractivity contribution in [1.82, 2.24) is 15.3 Å². The number of pyridine rings is 2. The average Bonchev–Trinajstić information content (AvgIpc) is 3.25. The highest BCUT2D eigenvalue weighted by molar-refractivity contribution is 6.16. The lowest BCUT2D eigenvalue weighted by molar-refractivity contribution is 0.478. The number of aliphatic imine (C=N–C) groups is 4. The molecule has 0 fully saturated rings. The standard InChI is InChI=1S/C47H47N7/c1-5-47(6-2,39-27-23-35(24-28-39)33(3)50-43(36-17-9-7-10-18-36)51-34(4)41-21-13-15-31-48-41)40-29-25-38(26-30-40)45-52-44(37-19-11-8-12-20-37)53-46(54-45)42-22-14-16-32-49-42/h8-9,11-33,46H,5-7,10H2,1-4H3,(H,52,53,54). The van der Waals surface area contributed by atoms with Crippen LogP contribution in [0.1, 0.15) is 105 Å². The highest BCUT2D eigenvalue weighted by atomic mass is 15.2. The van der Waals surface area contributed by atoms with Crippen molar-refractivity contribution in [3.8, 4) is 0 Å². The number of rotatable bonds is 11. The molecule has 1 aliphatic heterocycles. The van der Waals surface area contributed by atoms with Crippen molar-refractivity contribution in [2.24, 2.45) is 20.0 Å². The van der Waals surface area contributed by atoms with Crippen LogP contribution in [0.5, 0.6) is 0 Å². The fourth-order valence-corrected chi connectivity index (χ4v) is 7.26. The predicted octanol–water partition coefficient (Wildman–Crippen LogP) is 10.3. The van der Waals surface area contributed by atoms with Crippen molar-refractivity contribution >= 4 is 23.2 Å². The normalized spacial score (nSPS) is 16.9. The van der Waals surface area contributed by atoms with E-state index in [-0.39, 0.29) is 11.5 Å². The van der Waals surface area contributed by atoms with Crippen molar-refractivity contribution in [3.63, 3.8) is 0 Å². The Bertz CT molecular complexity index is 2210. The van der Waals surface area contributed by atoms with E-state index in [2.05, 4.69) is 115 Å². The third kappa shape index (κ3) is 7.96. The van der Waals surface area contributed by atoms with Gasteiger partial charge in [-0.1, -0.05) is 123 Å². The Morgan fingerprint density at radius 3 is 1.96 bits per heavy atom. The van der Waals surface area contributed by atoms with Crippen molar-refractivity contribution < 1.29 is 0 Å². The first-order valence-electron chi connectivity index (χ1n) is 19.0. The Kier molecular flexibility index (Phi) is 11.2. The Hall–Kier alpha value is -6.08. The molecule has 0 radical (unpaired) electrons. The van der Waals surface area contributed by atoms with E-state index in [9.17, 15) is 0 Å². The lowest BCUT2D eigenvalue weighted by atomic mass is 9.70. The first-order valence-corrected chi connectivity index (χ1v) is 19.0. The molecule has 2 unspecified atom stereocenters. The smallest absolute Gasteiger partial charge is 0.186 e. The van der Waals surface area contributed by atoms with Gasteiger partial charge in [0.1, 0.15) is 11.7 Å². The number of nitrogens with one attached hydrogen (secondary N) is 1. The van der Waals surface area contributed by atoms with Crippen LogP contribution in [-0.2, 0) is 5.41 Å². The fraction of sp³-hybridized carbons (Fsp3) is 0.234. The van der Waals surface area contributed by atoms with Crippen LogP contribution in [0.2, 0.25) is 0 Å². The van der Waals surface area contributed by atoms with Gasteiger partial charge in [-0.25, -0.2) is 15.0 Å². The summed E-state index contributed by atoms with van der Waals surface area (Å²) in [4.78, 5) is 29.2. The second-order valence-electron chi connectivity index (χ2n) is 13.7. The third-order valence-corrected chi connectivity index (χ3v) is 10.5. The van der Waals surface area contributed by atoms with Crippen molar-refractivity contribution in [2.75, 3.05) is 0 Å². The van der Waals surface area contributed by atoms with Gasteiger partial charge in [-0.05, 0) is 80.5 Å². The monoisotopic (exact) mass is 709 g/mol. The predicted molar refractivity (Wildman–Crippen MR) is 223 cm³/mol. The minimum absolute atomic E-state index is 0.0782. The molecular weight excluding hydrogens is 663 g/mol. The largest absolute Gasteiger partial charge is 0.324 e. The first kappa shape index (κ1) is 36.3. The molecule has 54 heavy (non-hydrogen) atoms. The van der Waals surface area contributed by atoms with Gasteiger partial charge in [-0.3, -0.25) is 15.0 Å². The molecule has 0 saturated carbocycles. The van der Waals surface area contributed by atoms with Gasteiger partial charge in [0.25, 0.3) is 0 Å². The molecule has 7 rings (SSSR count). The molecular formula is C47H47N7. The summed E-state index contributed by atoms with van der Waals surface area (Å²) in [6, 6.07) is 39.8. The van der Waals surface area contributed by atoms with E-state index in [1.807, 2.05) is 61.5 Å². The zero-order chi connectivity index (χ0) is 37.3. The van der Waals surface area contributed by atoms with Gasteiger partial charge in [0, 0.05) is 34.5 Å². The van der Waals surface area contributed by atoms with Gasteiger partial charge in [0.15, 0.2) is 12.0 Å². The summed E-state index contributed by atoms with van der Waals surface area (Å²) in [6.45, 7) is 8.71. The second-order valence-corrected chi connectivity index (χ2v) is 13.7. The maximum atomic E-state index is 5.18. The van der Waals surface area contributed by atoms with Gasteiger partial charge < -0.3 is 5.32 Å². The average molecular weight is 710 g/mol. The molecule has 7 heteroatoms. The van der Waals surface area contributed by atoms with Gasteiger partial charge in [-0.2, -0.15) is 0 Å². The molecule has 2 atom stereocenters. The quantitative estimate of drug-likeness (QED) is 0.109. The summed E-state index contributed by atoms with van der Waals surface area (Å²) in [5, 5.41) is 3.52. The van der Waals surface area contributed by atoms with Crippen molar-refractivity contribution in [2.45, 2.75) is 71.0 Å². The Morgan fingerprint density at radius 2 is 1.37 bits per heavy atom. The number of nitrogens with zero attached hydrogens (tertiary/aromatic N) is 6. The Balaban J connectivity index is 1.15. The highest BCUT2D eigenvalue weighted by Crippen LogP contribution is 2.39. The minimum Gasteiger partial charge on any atom is -0.324 e. The molecule has 2 aromatic heterocycles. The van der Waals surface area contributed by atoms with Gasteiger partial charge in [-0.15, -0.1) is 0 Å². The molecule has 5 aromatic rings. The van der Waals surface area contributed by atoms with Crippen LogP contribution < -0.4 is 5.32 Å². The van der Waals surface area contributed by atoms with Crippen LogP contribution in [-0.4, -0.2) is 33.2 Å². The molecule has 1 aliphatic carbocycles. The van der Waals surface area contributed by atoms with Crippen LogP contribution in [0.15, 0.2) is 171 Å². The van der Waals surface area contributed by atoms with Crippen LogP contribution in [0.4, 0.5) is 0 Å². The van der Waals surface area contributed by atoms with E-state index in [0.29, 0.717) is 0 Å². The number of hydrogen-bond acceptors (Lipinski definition) is 6. The molecule has 2 aliphatic rings. The van der Waals surface area contributed by atoms with Crippen LogP contribution in [0.3, 0.4) is 0 Å². The Labute approximate surface area is 319 Å². The van der Waals surface area contributed by atoms with Gasteiger partial charge in [0.05, 0.1) is 23.1 Å². The lowest BCUT2D eigenvalue weighted by Crippen LogP contribution is -2.36. The molecule has 3 aromatic carbocycles. The van der Waals surface area contributed by atoms with E-state index in [1.165, 1.54) is 11.1 Å². The zero-order valence-corrected chi connectivity index (χ0v) is 31.5. The maximum absolute atomic E-state index is 5.18. The fourth-order valence-electron chi connectivity index (χ4n) is 7.26. The summed E-state index contributed by atoms with van der Waals surface area (Å²) >= 11 is 0. The SMILES string of the molecule is CCC(CC)(c1ccc(C2=NC(c3ccccn3)N=C(c3ccccc3)N2)cc1)c1ccc(C(C)N=C(N=C(C)c2ccccn2)C2=CCCC=C2)cc1. The highest BCUT2D eigenvalue weighted by Gasteiger charge is 2.31. The van der Waals surface area contributed by atoms with Crippen LogP contribution in [0, 0.1) is 0 Å². The number of allylic oxidation sites excluding steroid dienone is 2. The molecule has 0 bridgehead atoms. The summed E-state index contributed by atoms with van der Waals surface area (Å²) in [7, 11) is 0. The third-order valence-electron chi connectivity index (χ3n) is 10.5. The van der Waals surface area contributed by atoms with Gasteiger partial charge >= 0.3 is 0 Å². The summed E-state index contributed by atoms with van der Waals surface area (Å²) < 4.78 is 0. The van der Waals surface area contributed by atoms with E-state index in [1.54, 1.807) is 12.4 Å². The van der Waals surface area contributed by atoms with Gasteiger partial charge in [0.2, 0.25) is 0 Å². The zero-order valence-electron chi connectivity index (χ0n) is 31.5. The second kappa shape index (κ2) is 16.7. The Morgan fingerprint density at radius 1 is 0.741 bits per heavy atom. The van der Waals surface area contributed by atoms with Crippen LogP contribution in [0.25, 0.3) is 0 Å². The number of hydrogen-bond donors (Lipinski definition) is 1. The lowest BCUT2D eigenvalue weighted by Gasteiger charge is -2.34. The summed E-state index contributed by atoms with van der Waals surface area (Å²) in [5.74, 6) is 2.31. The maximum Gasteiger partial charge on any atom is 0.186 e. The molecule has 0 amide bonds. The summed E-state index contributed by atoms with van der Waals surface area (Å²) in [5.41, 5.74) is 9.17. The molecule has 1 N–H and O–H groups in total. The van der Waals surface area contributed by atoms with E-state index < -0.39 is 6.17 Å². The van der Waals surface area contributed by atoms with Crippen LogP contribution >= 0.6 is 0 Å². The van der Waals surface area contributed by atoms with Crippen molar-refractivity contribution in [1.29, 1.82) is 0 Å². The minimum atomic E-state index is -0.434. The van der Waals surface area contributed by atoms with E-state index in [0.717, 1.165) is 82.6 Å². The number of amidine groups is 3. The molecule has 0 saturated heterocycles. The summed E-state index contributed by atoms with van der Waals surface area (Å²) in [6.07, 6.45) is 13.7. The van der Waals surface area contributed by atoms with E-state index >= 15 is 0 Å². The van der Waals surface area contributed by atoms with Crippen molar-refractivity contribution in [3.05, 3.63) is 191 Å². The molecule has 3 heterocycles. The molecule has 270 valence electrons. The molecule has 0 spiro atoms. The topological polar surface area (TPSA) is 87.2 Å². The molecule has 7 nitrogen and oxygen atoms in total. The number of aromatic nitrogens is 2. The first-order chi connectivity index (χ1) is 26.5. The number of benzene rings is 3. The van der Waals surface area contributed by atoms with E-state index in [4.69, 9.17) is 20.0 Å².